The number of benzene rings is 1. The number of nitrogens with zero attached hydrogens (tertiary/aromatic N) is 2. The van der Waals surface area contributed by atoms with Gasteiger partial charge in [0.2, 0.25) is 0 Å². The number of hydrogen-bond donors (Lipinski definition) is 1. The quantitative estimate of drug-likeness (QED) is 0.527. The van der Waals surface area contributed by atoms with Crippen molar-refractivity contribution < 1.29 is 9.94 Å². The molecule has 0 radical (unpaired) electrons. The highest BCUT2D eigenvalue weighted by Crippen LogP contribution is 2.40. The average Bonchev–Trinajstić information content (AvgIpc) is 2.59. The van der Waals surface area contributed by atoms with Crippen molar-refractivity contribution in [1.82, 2.24) is 4.90 Å². The van der Waals surface area contributed by atoms with Crippen LogP contribution in [0.4, 0.5) is 0 Å². The molecule has 1 saturated heterocycles. The van der Waals surface area contributed by atoms with Gasteiger partial charge in [0.25, 0.3) is 0 Å². The topological polar surface area (TPSA) is 45.1 Å². The van der Waals surface area contributed by atoms with Gasteiger partial charge in [-0.05, 0) is 43.1 Å². The Balaban J connectivity index is 1.74. The van der Waals surface area contributed by atoms with Crippen LogP contribution in [0, 0.1) is 11.8 Å². The zero-order valence-corrected chi connectivity index (χ0v) is 13.1. The first-order valence-corrected chi connectivity index (χ1v) is 8.43. The van der Waals surface area contributed by atoms with E-state index in [0.717, 1.165) is 39.1 Å². The highest BCUT2D eigenvalue weighted by Gasteiger charge is 2.32. The number of hydrogen-bond acceptors (Lipinski definition) is 4. The molecule has 2 fully saturated rings. The van der Waals surface area contributed by atoms with E-state index in [-0.39, 0.29) is 0 Å². The van der Waals surface area contributed by atoms with Gasteiger partial charge in [-0.2, -0.15) is 0 Å². The van der Waals surface area contributed by atoms with E-state index in [0.29, 0.717) is 17.9 Å². The molecule has 1 heterocycles. The maximum atomic E-state index is 8.72. The van der Waals surface area contributed by atoms with Crippen LogP contribution in [0.5, 0.6) is 0 Å². The Morgan fingerprint density at radius 3 is 2.41 bits per heavy atom. The van der Waals surface area contributed by atoms with Gasteiger partial charge in [0.05, 0.1) is 13.2 Å². The standard InChI is InChI=1S/C18H26N2O2/c21-19-14-15-6-8-17(9-7-15)18(16-4-2-1-3-5-16)20-10-12-22-13-11-20/h1-5,14-15,17-18,21H,6-13H2/b19-14+. The van der Waals surface area contributed by atoms with E-state index in [4.69, 9.17) is 9.94 Å². The summed E-state index contributed by atoms with van der Waals surface area (Å²) >= 11 is 0. The van der Waals surface area contributed by atoms with Gasteiger partial charge < -0.3 is 9.94 Å². The molecule has 1 N–H and O–H groups in total. The summed E-state index contributed by atoms with van der Waals surface area (Å²) in [6.45, 7) is 3.74. The van der Waals surface area contributed by atoms with Crippen molar-refractivity contribution in [3.8, 4) is 0 Å². The van der Waals surface area contributed by atoms with Gasteiger partial charge in [-0.15, -0.1) is 5.16 Å². The molecule has 0 bridgehead atoms. The molecule has 0 spiro atoms. The van der Waals surface area contributed by atoms with Crippen molar-refractivity contribution >= 4 is 6.21 Å². The van der Waals surface area contributed by atoms with Crippen LogP contribution in [0.25, 0.3) is 0 Å². The molecule has 4 heteroatoms. The fourth-order valence-corrected chi connectivity index (χ4v) is 3.99. The smallest absolute Gasteiger partial charge is 0.0594 e. The van der Waals surface area contributed by atoms with Crippen LogP contribution in [-0.4, -0.2) is 42.6 Å². The average molecular weight is 302 g/mol. The monoisotopic (exact) mass is 302 g/mol. The first-order valence-electron chi connectivity index (χ1n) is 8.43. The molecule has 22 heavy (non-hydrogen) atoms. The lowest BCUT2D eigenvalue weighted by Crippen LogP contribution is -2.42. The zero-order valence-electron chi connectivity index (χ0n) is 13.1. The third-order valence-electron chi connectivity index (χ3n) is 5.12. The summed E-state index contributed by atoms with van der Waals surface area (Å²) in [6.07, 6.45) is 6.37. The van der Waals surface area contributed by atoms with Gasteiger partial charge >= 0.3 is 0 Å². The summed E-state index contributed by atoms with van der Waals surface area (Å²) in [5.74, 6) is 1.13. The lowest BCUT2D eigenvalue weighted by Gasteiger charge is -2.41. The molecule has 0 amide bonds. The van der Waals surface area contributed by atoms with E-state index < -0.39 is 0 Å². The first-order chi connectivity index (χ1) is 10.9. The molecule has 120 valence electrons. The second-order valence-corrected chi connectivity index (χ2v) is 6.44. The van der Waals surface area contributed by atoms with E-state index >= 15 is 0 Å². The Bertz CT molecular complexity index is 463. The predicted molar refractivity (Wildman–Crippen MR) is 87.3 cm³/mol. The van der Waals surface area contributed by atoms with E-state index in [9.17, 15) is 0 Å². The minimum atomic E-state index is 0.447. The number of oxime groups is 1. The Labute approximate surface area is 132 Å². The minimum Gasteiger partial charge on any atom is -0.411 e. The molecule has 1 aromatic rings. The third-order valence-corrected chi connectivity index (χ3v) is 5.12. The van der Waals surface area contributed by atoms with Crippen LogP contribution in [-0.2, 0) is 4.74 Å². The van der Waals surface area contributed by atoms with Crippen molar-refractivity contribution in [2.45, 2.75) is 31.7 Å². The van der Waals surface area contributed by atoms with Crippen molar-refractivity contribution in [2.24, 2.45) is 17.0 Å². The van der Waals surface area contributed by atoms with Gasteiger partial charge in [0.1, 0.15) is 0 Å². The largest absolute Gasteiger partial charge is 0.411 e. The maximum absolute atomic E-state index is 8.72. The fraction of sp³-hybridized carbons (Fsp3) is 0.611. The van der Waals surface area contributed by atoms with Gasteiger partial charge in [-0.3, -0.25) is 4.90 Å². The molecule has 2 aliphatic rings. The minimum absolute atomic E-state index is 0.447. The molecule has 4 nitrogen and oxygen atoms in total. The summed E-state index contributed by atoms with van der Waals surface area (Å²) < 4.78 is 5.54. The molecule has 0 aromatic heterocycles. The van der Waals surface area contributed by atoms with Crippen LogP contribution in [0.2, 0.25) is 0 Å². The van der Waals surface area contributed by atoms with Gasteiger partial charge in [0.15, 0.2) is 0 Å². The highest BCUT2D eigenvalue weighted by molar-refractivity contribution is 5.59. The predicted octanol–water partition coefficient (Wildman–Crippen LogP) is 3.33. The van der Waals surface area contributed by atoms with Crippen molar-refractivity contribution in [3.63, 3.8) is 0 Å². The highest BCUT2D eigenvalue weighted by atomic mass is 16.5. The van der Waals surface area contributed by atoms with Crippen LogP contribution >= 0.6 is 0 Å². The Morgan fingerprint density at radius 1 is 1.09 bits per heavy atom. The second-order valence-electron chi connectivity index (χ2n) is 6.44. The Kier molecular flexibility index (Phi) is 5.46. The molecule has 1 unspecified atom stereocenters. The maximum Gasteiger partial charge on any atom is 0.0594 e. The molecule has 1 aromatic carbocycles. The number of rotatable bonds is 4. The Hall–Kier alpha value is -1.39. The molecular formula is C18H26N2O2. The van der Waals surface area contributed by atoms with E-state index in [1.165, 1.54) is 18.4 Å². The molecule has 3 rings (SSSR count). The first kappa shape index (κ1) is 15.5. The summed E-state index contributed by atoms with van der Waals surface area (Å²) in [7, 11) is 0. The van der Waals surface area contributed by atoms with Crippen molar-refractivity contribution in [3.05, 3.63) is 35.9 Å². The molecule has 1 aliphatic carbocycles. The lowest BCUT2D eigenvalue weighted by molar-refractivity contribution is -0.00406. The zero-order chi connectivity index (χ0) is 15.2. The lowest BCUT2D eigenvalue weighted by atomic mass is 9.76. The molecular weight excluding hydrogens is 276 g/mol. The summed E-state index contributed by atoms with van der Waals surface area (Å²) in [4.78, 5) is 2.60. The number of morpholine rings is 1. The van der Waals surface area contributed by atoms with Gasteiger partial charge in [-0.1, -0.05) is 30.3 Å². The third kappa shape index (κ3) is 3.68. The van der Waals surface area contributed by atoms with Crippen LogP contribution < -0.4 is 0 Å². The van der Waals surface area contributed by atoms with Crippen LogP contribution in [0.15, 0.2) is 35.5 Å². The second kappa shape index (κ2) is 7.75. The van der Waals surface area contributed by atoms with Crippen LogP contribution in [0.1, 0.15) is 37.3 Å². The SMILES string of the molecule is O/N=C/C1CCC(C(c2ccccc2)N2CCOCC2)CC1. The Morgan fingerprint density at radius 2 is 1.77 bits per heavy atom. The normalized spacial score (nSPS) is 28.7. The van der Waals surface area contributed by atoms with E-state index in [1.807, 2.05) is 0 Å². The van der Waals surface area contributed by atoms with Crippen molar-refractivity contribution in [2.75, 3.05) is 26.3 Å². The summed E-state index contributed by atoms with van der Waals surface area (Å²) in [5.41, 5.74) is 1.43. The number of ether oxygens (including phenoxy) is 1. The van der Waals surface area contributed by atoms with E-state index in [2.05, 4.69) is 40.4 Å². The van der Waals surface area contributed by atoms with E-state index in [1.54, 1.807) is 6.21 Å². The molecule has 1 atom stereocenters. The summed E-state index contributed by atoms with van der Waals surface area (Å²) in [5, 5.41) is 11.9. The van der Waals surface area contributed by atoms with Crippen molar-refractivity contribution in [1.29, 1.82) is 0 Å². The summed E-state index contributed by atoms with van der Waals surface area (Å²) in [6, 6.07) is 11.4. The molecule has 1 saturated carbocycles. The van der Waals surface area contributed by atoms with Crippen LogP contribution in [0.3, 0.4) is 0 Å². The fourth-order valence-electron chi connectivity index (χ4n) is 3.99. The van der Waals surface area contributed by atoms with Gasteiger partial charge in [0, 0.05) is 25.3 Å². The molecule has 1 aliphatic heterocycles. The van der Waals surface area contributed by atoms with Gasteiger partial charge in [-0.25, -0.2) is 0 Å².